The number of carbonyl (C=O) groups excluding carboxylic acids is 1. The third-order valence-corrected chi connectivity index (χ3v) is 5.62. The summed E-state index contributed by atoms with van der Waals surface area (Å²) in [6, 6.07) is 5.57. The van der Waals surface area contributed by atoms with Gasteiger partial charge in [-0.25, -0.2) is 9.07 Å². The number of ether oxygens (including phenoxy) is 2. The number of piperidine rings is 1. The van der Waals surface area contributed by atoms with Crippen LogP contribution in [0.25, 0.3) is 0 Å². The summed E-state index contributed by atoms with van der Waals surface area (Å²) < 4.78 is 25.7. The van der Waals surface area contributed by atoms with E-state index in [2.05, 4.69) is 10.00 Å². The fraction of sp³-hybridized carbons (Fsp3) is 0.476. The first kappa shape index (κ1) is 20.3. The van der Waals surface area contributed by atoms with Crippen LogP contribution in [0.3, 0.4) is 0 Å². The van der Waals surface area contributed by atoms with Gasteiger partial charge in [-0.3, -0.25) is 9.59 Å². The SMILES string of the molecule is COc1ccc(C(=O)N2CCC[C@H](n3ncc(N4CCOCC4)cc3=O)C2)cc1F. The molecule has 2 aromatic rings. The number of hydrogen-bond acceptors (Lipinski definition) is 6. The summed E-state index contributed by atoms with van der Waals surface area (Å²) >= 11 is 0. The number of methoxy groups -OCH3 is 1. The van der Waals surface area contributed by atoms with Crippen LogP contribution in [0.1, 0.15) is 29.2 Å². The largest absolute Gasteiger partial charge is 0.494 e. The van der Waals surface area contributed by atoms with Crippen molar-refractivity contribution >= 4 is 11.6 Å². The van der Waals surface area contributed by atoms with Crippen LogP contribution >= 0.6 is 0 Å². The number of aromatic nitrogens is 2. The lowest BCUT2D eigenvalue weighted by Crippen LogP contribution is -2.44. The Kier molecular flexibility index (Phi) is 5.98. The molecule has 8 nitrogen and oxygen atoms in total. The zero-order valence-corrected chi connectivity index (χ0v) is 16.9. The molecule has 1 atom stereocenters. The van der Waals surface area contributed by atoms with Gasteiger partial charge in [0.2, 0.25) is 0 Å². The minimum Gasteiger partial charge on any atom is -0.494 e. The lowest BCUT2D eigenvalue weighted by atomic mass is 10.0. The van der Waals surface area contributed by atoms with Crippen LogP contribution in [0.4, 0.5) is 10.1 Å². The monoisotopic (exact) mass is 416 g/mol. The molecule has 0 bridgehead atoms. The first-order valence-electron chi connectivity index (χ1n) is 10.1. The molecule has 30 heavy (non-hydrogen) atoms. The molecule has 0 saturated carbocycles. The highest BCUT2D eigenvalue weighted by Crippen LogP contribution is 2.24. The molecule has 1 amide bonds. The van der Waals surface area contributed by atoms with Crippen molar-refractivity contribution in [2.24, 2.45) is 0 Å². The van der Waals surface area contributed by atoms with Crippen LogP contribution in [0, 0.1) is 5.82 Å². The Bertz CT molecular complexity index is 974. The molecule has 0 N–H and O–H groups in total. The van der Waals surface area contributed by atoms with Gasteiger partial charge in [0.1, 0.15) is 0 Å². The van der Waals surface area contributed by atoms with E-state index in [-0.39, 0.29) is 28.8 Å². The summed E-state index contributed by atoms with van der Waals surface area (Å²) in [6.07, 6.45) is 3.20. The molecule has 0 aliphatic carbocycles. The van der Waals surface area contributed by atoms with Crippen molar-refractivity contribution in [2.75, 3.05) is 51.4 Å². The van der Waals surface area contributed by atoms with Crippen LogP contribution in [0.5, 0.6) is 5.75 Å². The highest BCUT2D eigenvalue weighted by molar-refractivity contribution is 5.94. The van der Waals surface area contributed by atoms with Crippen molar-refractivity contribution in [1.29, 1.82) is 0 Å². The Morgan fingerprint density at radius 1 is 1.23 bits per heavy atom. The van der Waals surface area contributed by atoms with E-state index >= 15 is 0 Å². The number of likely N-dealkylation sites (tertiary alicyclic amines) is 1. The van der Waals surface area contributed by atoms with E-state index in [1.54, 1.807) is 23.2 Å². The summed E-state index contributed by atoms with van der Waals surface area (Å²) in [7, 11) is 1.38. The molecule has 3 heterocycles. The highest BCUT2D eigenvalue weighted by atomic mass is 19.1. The van der Waals surface area contributed by atoms with Gasteiger partial charge < -0.3 is 19.3 Å². The molecule has 160 valence electrons. The van der Waals surface area contributed by atoms with Crippen molar-refractivity contribution < 1.29 is 18.7 Å². The van der Waals surface area contributed by atoms with Crippen molar-refractivity contribution in [2.45, 2.75) is 18.9 Å². The summed E-state index contributed by atoms with van der Waals surface area (Å²) in [5.41, 5.74) is 0.864. The van der Waals surface area contributed by atoms with E-state index in [1.807, 2.05) is 0 Å². The van der Waals surface area contributed by atoms with E-state index in [0.717, 1.165) is 31.6 Å². The van der Waals surface area contributed by atoms with Crippen LogP contribution < -0.4 is 15.2 Å². The lowest BCUT2D eigenvalue weighted by molar-refractivity contribution is 0.0669. The average molecular weight is 416 g/mol. The summed E-state index contributed by atoms with van der Waals surface area (Å²) in [5.74, 6) is -0.744. The third-order valence-electron chi connectivity index (χ3n) is 5.62. The van der Waals surface area contributed by atoms with Gasteiger partial charge >= 0.3 is 0 Å². The molecule has 2 aliphatic rings. The quantitative estimate of drug-likeness (QED) is 0.755. The summed E-state index contributed by atoms with van der Waals surface area (Å²) in [4.78, 5) is 29.3. The normalized spacial score (nSPS) is 19.6. The fourth-order valence-electron chi connectivity index (χ4n) is 4.00. The maximum atomic E-state index is 14.0. The molecule has 1 aromatic carbocycles. The first-order valence-corrected chi connectivity index (χ1v) is 10.1. The maximum Gasteiger partial charge on any atom is 0.269 e. The predicted octanol–water partition coefficient (Wildman–Crippen LogP) is 1.70. The number of anilines is 1. The zero-order valence-electron chi connectivity index (χ0n) is 16.9. The van der Waals surface area contributed by atoms with E-state index in [0.29, 0.717) is 26.3 Å². The number of amides is 1. The number of hydrogen-bond donors (Lipinski definition) is 0. The lowest BCUT2D eigenvalue weighted by Gasteiger charge is -2.33. The molecule has 0 spiro atoms. The van der Waals surface area contributed by atoms with Gasteiger partial charge in [-0.15, -0.1) is 0 Å². The van der Waals surface area contributed by atoms with Crippen LogP contribution in [0.15, 0.2) is 35.3 Å². The topological polar surface area (TPSA) is 76.9 Å². The standard InChI is InChI=1S/C21H25FN4O4/c1-29-19-5-4-15(11-18(19)22)21(28)25-6-2-3-16(14-25)26-20(27)12-17(13-23-26)24-7-9-30-10-8-24/h4-5,11-13,16H,2-3,6-10,14H2,1H3/t16-/m0/s1. The second-order valence-corrected chi connectivity index (χ2v) is 7.49. The molecule has 1 aromatic heterocycles. The van der Waals surface area contributed by atoms with Gasteiger partial charge in [0.25, 0.3) is 11.5 Å². The number of halogens is 1. The van der Waals surface area contributed by atoms with Crippen LogP contribution in [0.2, 0.25) is 0 Å². The van der Waals surface area contributed by atoms with E-state index < -0.39 is 5.82 Å². The summed E-state index contributed by atoms with van der Waals surface area (Å²) in [5, 5.41) is 4.39. The van der Waals surface area contributed by atoms with Crippen LogP contribution in [-0.2, 0) is 4.74 Å². The summed E-state index contributed by atoms with van der Waals surface area (Å²) in [6.45, 7) is 3.65. The fourth-order valence-corrected chi connectivity index (χ4v) is 4.00. The minimum absolute atomic E-state index is 0.0965. The Morgan fingerprint density at radius 2 is 2.03 bits per heavy atom. The molecule has 0 radical (unpaired) electrons. The van der Waals surface area contributed by atoms with Crippen molar-refractivity contribution in [3.8, 4) is 5.75 Å². The van der Waals surface area contributed by atoms with Gasteiger partial charge in [0.05, 0.1) is 38.2 Å². The number of rotatable bonds is 4. The first-order chi connectivity index (χ1) is 14.6. The van der Waals surface area contributed by atoms with Gasteiger partial charge in [-0.1, -0.05) is 0 Å². The van der Waals surface area contributed by atoms with Gasteiger partial charge in [-0.05, 0) is 31.0 Å². The minimum atomic E-state index is -0.575. The van der Waals surface area contributed by atoms with Crippen molar-refractivity contribution in [3.63, 3.8) is 0 Å². The smallest absolute Gasteiger partial charge is 0.269 e. The zero-order chi connectivity index (χ0) is 21.1. The Morgan fingerprint density at radius 3 is 2.73 bits per heavy atom. The molecular formula is C21H25FN4O4. The molecule has 2 fully saturated rings. The van der Waals surface area contributed by atoms with Gasteiger partial charge in [-0.2, -0.15) is 5.10 Å². The number of benzene rings is 1. The average Bonchev–Trinajstić information content (AvgIpc) is 2.79. The number of nitrogens with zero attached hydrogens (tertiary/aromatic N) is 4. The molecular weight excluding hydrogens is 391 g/mol. The Hall–Kier alpha value is -2.94. The number of carbonyl (C=O) groups is 1. The molecule has 0 unspecified atom stereocenters. The highest BCUT2D eigenvalue weighted by Gasteiger charge is 2.27. The van der Waals surface area contributed by atoms with E-state index in [4.69, 9.17) is 9.47 Å². The van der Waals surface area contributed by atoms with Gasteiger partial charge in [0.15, 0.2) is 11.6 Å². The van der Waals surface area contributed by atoms with E-state index in [1.165, 1.54) is 23.9 Å². The molecule has 2 saturated heterocycles. The van der Waals surface area contributed by atoms with Crippen LogP contribution in [-0.4, -0.2) is 67.1 Å². The van der Waals surface area contributed by atoms with E-state index in [9.17, 15) is 14.0 Å². The third kappa shape index (κ3) is 4.16. The second kappa shape index (κ2) is 8.83. The second-order valence-electron chi connectivity index (χ2n) is 7.49. The number of morpholine rings is 1. The van der Waals surface area contributed by atoms with Crippen molar-refractivity contribution in [3.05, 3.63) is 52.2 Å². The Labute approximate surface area is 173 Å². The Balaban J connectivity index is 1.49. The molecule has 2 aliphatic heterocycles. The van der Waals surface area contributed by atoms with Gasteiger partial charge in [0, 0.05) is 37.8 Å². The van der Waals surface area contributed by atoms with Crippen molar-refractivity contribution in [1.82, 2.24) is 14.7 Å². The molecule has 4 rings (SSSR count). The molecule has 9 heteroatoms. The maximum absolute atomic E-state index is 14.0. The predicted molar refractivity (Wildman–Crippen MR) is 109 cm³/mol.